The van der Waals surface area contributed by atoms with Crippen LogP contribution in [0.25, 0.3) is 0 Å². The van der Waals surface area contributed by atoms with E-state index in [4.69, 9.17) is 4.74 Å². The fourth-order valence-electron chi connectivity index (χ4n) is 2.40. The lowest BCUT2D eigenvalue weighted by Crippen LogP contribution is -2.47. The summed E-state index contributed by atoms with van der Waals surface area (Å²) in [7, 11) is 0. The summed E-state index contributed by atoms with van der Waals surface area (Å²) in [5, 5.41) is 0. The zero-order valence-corrected chi connectivity index (χ0v) is 12.2. The predicted octanol–water partition coefficient (Wildman–Crippen LogP) is 3.00. The van der Waals surface area contributed by atoms with Crippen molar-refractivity contribution in [3.8, 4) is 0 Å². The topological polar surface area (TPSA) is 46.6 Å². The Hall–Kier alpha value is -1.06. The number of carbonyl (C=O) groups excluding carboxylic acids is 2. The van der Waals surface area contributed by atoms with E-state index in [1.807, 2.05) is 27.7 Å². The summed E-state index contributed by atoms with van der Waals surface area (Å²) in [5.74, 6) is 0.244. The van der Waals surface area contributed by atoms with Gasteiger partial charge in [-0.2, -0.15) is 0 Å². The van der Waals surface area contributed by atoms with E-state index in [-0.39, 0.29) is 17.3 Å². The van der Waals surface area contributed by atoms with E-state index in [0.717, 1.165) is 19.3 Å². The van der Waals surface area contributed by atoms with Gasteiger partial charge in [-0.3, -0.25) is 4.79 Å². The minimum atomic E-state index is -0.461. The van der Waals surface area contributed by atoms with Crippen molar-refractivity contribution in [3.63, 3.8) is 0 Å². The normalized spacial score (nSPS) is 19.5. The molecule has 1 rings (SSSR count). The molecule has 1 fully saturated rings. The Morgan fingerprint density at radius 2 is 1.72 bits per heavy atom. The number of piperidine rings is 1. The predicted molar refractivity (Wildman–Crippen MR) is 70.4 cm³/mol. The molecule has 0 aromatic rings. The number of nitrogens with zero attached hydrogens (tertiary/aromatic N) is 1. The molecule has 0 saturated carbocycles. The molecule has 0 atom stereocenters. The zero-order valence-electron chi connectivity index (χ0n) is 12.2. The molecule has 1 aliphatic rings. The highest BCUT2D eigenvalue weighted by molar-refractivity contribution is 5.82. The minimum Gasteiger partial charge on any atom is -0.444 e. The second kappa shape index (κ2) is 5.29. The molecular weight excluding hydrogens is 230 g/mol. The maximum Gasteiger partial charge on any atom is 0.410 e. The standard InChI is InChI=1S/C14H25NO3/c1-6-14(11(2)16)7-9-15(10-8-14)12(17)18-13(3,4)5/h6-10H2,1-5H3. The van der Waals surface area contributed by atoms with Gasteiger partial charge in [-0.25, -0.2) is 4.79 Å². The molecule has 0 aliphatic carbocycles. The lowest BCUT2D eigenvalue weighted by Gasteiger charge is -2.39. The van der Waals surface area contributed by atoms with E-state index in [2.05, 4.69) is 0 Å². The maximum atomic E-state index is 11.9. The maximum absolute atomic E-state index is 11.9. The first-order valence-electron chi connectivity index (χ1n) is 6.69. The van der Waals surface area contributed by atoms with Gasteiger partial charge in [0.2, 0.25) is 0 Å². The van der Waals surface area contributed by atoms with Gasteiger partial charge in [-0.1, -0.05) is 6.92 Å². The summed E-state index contributed by atoms with van der Waals surface area (Å²) in [6, 6.07) is 0. The molecule has 0 N–H and O–H groups in total. The van der Waals surface area contributed by atoms with Crippen LogP contribution in [0.1, 0.15) is 53.9 Å². The van der Waals surface area contributed by atoms with Crippen LogP contribution in [0.5, 0.6) is 0 Å². The van der Waals surface area contributed by atoms with Gasteiger partial charge in [0.25, 0.3) is 0 Å². The monoisotopic (exact) mass is 255 g/mol. The smallest absolute Gasteiger partial charge is 0.410 e. The number of ketones is 1. The third kappa shape index (κ3) is 3.47. The van der Waals surface area contributed by atoms with Crippen molar-refractivity contribution < 1.29 is 14.3 Å². The Morgan fingerprint density at radius 3 is 2.06 bits per heavy atom. The van der Waals surface area contributed by atoms with Crippen molar-refractivity contribution in [1.82, 2.24) is 4.90 Å². The molecule has 1 saturated heterocycles. The first-order chi connectivity index (χ1) is 8.20. The number of amides is 1. The van der Waals surface area contributed by atoms with Crippen LogP contribution in [0.3, 0.4) is 0 Å². The van der Waals surface area contributed by atoms with Crippen LogP contribution in [-0.2, 0) is 9.53 Å². The Labute approximate surface area is 110 Å². The number of likely N-dealkylation sites (tertiary alicyclic amines) is 1. The summed E-state index contributed by atoms with van der Waals surface area (Å²) >= 11 is 0. The van der Waals surface area contributed by atoms with E-state index in [1.54, 1.807) is 11.8 Å². The van der Waals surface area contributed by atoms with Gasteiger partial charge in [-0.15, -0.1) is 0 Å². The molecule has 4 heteroatoms. The SMILES string of the molecule is CCC1(C(C)=O)CCN(C(=O)OC(C)(C)C)CC1. The van der Waals surface area contributed by atoms with E-state index >= 15 is 0 Å². The fraction of sp³-hybridized carbons (Fsp3) is 0.857. The molecular formula is C14H25NO3. The Morgan fingerprint density at radius 1 is 1.22 bits per heavy atom. The molecule has 0 aromatic heterocycles. The average Bonchev–Trinajstić information content (AvgIpc) is 2.26. The lowest BCUT2D eigenvalue weighted by molar-refractivity contribution is -0.129. The summed E-state index contributed by atoms with van der Waals surface area (Å²) in [5.41, 5.74) is -0.685. The lowest BCUT2D eigenvalue weighted by atomic mass is 9.73. The minimum absolute atomic E-state index is 0.224. The molecule has 0 spiro atoms. The van der Waals surface area contributed by atoms with Crippen molar-refractivity contribution in [2.75, 3.05) is 13.1 Å². The first-order valence-corrected chi connectivity index (χ1v) is 6.69. The average molecular weight is 255 g/mol. The van der Waals surface area contributed by atoms with Gasteiger partial charge in [0.05, 0.1) is 0 Å². The van der Waals surface area contributed by atoms with Gasteiger partial charge in [0, 0.05) is 18.5 Å². The summed E-state index contributed by atoms with van der Waals surface area (Å²) < 4.78 is 5.34. The zero-order chi connectivity index (χ0) is 14.0. The second-order valence-electron chi connectivity index (χ2n) is 6.16. The quantitative estimate of drug-likeness (QED) is 0.762. The van der Waals surface area contributed by atoms with Crippen LogP contribution in [0.15, 0.2) is 0 Å². The van der Waals surface area contributed by atoms with E-state index in [0.29, 0.717) is 13.1 Å². The van der Waals surface area contributed by atoms with Gasteiger partial charge in [-0.05, 0) is 47.0 Å². The van der Waals surface area contributed by atoms with Crippen LogP contribution >= 0.6 is 0 Å². The number of rotatable bonds is 2. The highest BCUT2D eigenvalue weighted by Gasteiger charge is 2.39. The summed E-state index contributed by atoms with van der Waals surface area (Å²) in [6.45, 7) is 10.5. The number of ether oxygens (including phenoxy) is 1. The number of Topliss-reactive ketones (excluding diaryl/α,β-unsaturated/α-hetero) is 1. The Kier molecular flexibility index (Phi) is 4.41. The number of hydrogen-bond donors (Lipinski definition) is 0. The molecule has 1 amide bonds. The highest BCUT2D eigenvalue weighted by Crippen LogP contribution is 2.36. The molecule has 18 heavy (non-hydrogen) atoms. The van der Waals surface area contributed by atoms with E-state index in [1.165, 1.54) is 0 Å². The fourth-order valence-corrected chi connectivity index (χ4v) is 2.40. The van der Waals surface area contributed by atoms with E-state index in [9.17, 15) is 9.59 Å². The first kappa shape index (κ1) is 15.0. The van der Waals surface area contributed by atoms with Crippen LogP contribution < -0.4 is 0 Å². The molecule has 104 valence electrons. The van der Waals surface area contributed by atoms with Crippen LogP contribution in [0.2, 0.25) is 0 Å². The largest absolute Gasteiger partial charge is 0.444 e. The molecule has 1 aliphatic heterocycles. The van der Waals surface area contributed by atoms with Crippen molar-refractivity contribution in [2.24, 2.45) is 5.41 Å². The third-order valence-electron chi connectivity index (χ3n) is 3.80. The van der Waals surface area contributed by atoms with Gasteiger partial charge in [0.15, 0.2) is 0 Å². The third-order valence-corrected chi connectivity index (χ3v) is 3.80. The van der Waals surface area contributed by atoms with Crippen LogP contribution in [0, 0.1) is 5.41 Å². The second-order valence-corrected chi connectivity index (χ2v) is 6.16. The van der Waals surface area contributed by atoms with Gasteiger partial charge >= 0.3 is 6.09 Å². The molecule has 4 nitrogen and oxygen atoms in total. The van der Waals surface area contributed by atoms with Crippen molar-refractivity contribution in [3.05, 3.63) is 0 Å². The molecule has 0 bridgehead atoms. The van der Waals surface area contributed by atoms with Gasteiger partial charge in [0.1, 0.15) is 11.4 Å². The summed E-state index contributed by atoms with van der Waals surface area (Å²) in [6.07, 6.45) is 2.08. The van der Waals surface area contributed by atoms with Crippen molar-refractivity contribution in [1.29, 1.82) is 0 Å². The summed E-state index contributed by atoms with van der Waals surface area (Å²) in [4.78, 5) is 25.3. The van der Waals surface area contributed by atoms with E-state index < -0.39 is 5.60 Å². The molecule has 0 aromatic carbocycles. The number of hydrogen-bond acceptors (Lipinski definition) is 3. The highest BCUT2D eigenvalue weighted by atomic mass is 16.6. The Balaban J connectivity index is 2.58. The van der Waals surface area contributed by atoms with Gasteiger partial charge < -0.3 is 9.64 Å². The van der Waals surface area contributed by atoms with Crippen molar-refractivity contribution in [2.45, 2.75) is 59.5 Å². The van der Waals surface area contributed by atoms with Crippen LogP contribution in [-0.4, -0.2) is 35.5 Å². The van der Waals surface area contributed by atoms with Crippen molar-refractivity contribution >= 4 is 11.9 Å². The van der Waals surface area contributed by atoms with Crippen LogP contribution in [0.4, 0.5) is 4.79 Å². The molecule has 1 heterocycles. The molecule has 0 radical (unpaired) electrons. The Bertz CT molecular complexity index is 322. The number of carbonyl (C=O) groups is 2. The molecule has 0 unspecified atom stereocenters.